The van der Waals surface area contributed by atoms with Crippen LogP contribution < -0.4 is 4.74 Å². The zero-order valence-corrected chi connectivity index (χ0v) is 8.07. The standard InChI is InChI=1S/C12H13NO/c1-2-3-10-14-12-7-5-4-6-11(12)8-9-13/h2,4-7H,1,3,8,10H2. The molecule has 0 bridgehead atoms. The van der Waals surface area contributed by atoms with Gasteiger partial charge in [0.15, 0.2) is 0 Å². The van der Waals surface area contributed by atoms with Gasteiger partial charge >= 0.3 is 0 Å². The van der Waals surface area contributed by atoms with Gasteiger partial charge in [0, 0.05) is 5.56 Å². The van der Waals surface area contributed by atoms with Crippen molar-refractivity contribution in [2.45, 2.75) is 12.8 Å². The van der Waals surface area contributed by atoms with Crippen LogP contribution in [0.2, 0.25) is 0 Å². The molecule has 0 saturated carbocycles. The van der Waals surface area contributed by atoms with Gasteiger partial charge in [0.25, 0.3) is 0 Å². The molecule has 2 heteroatoms. The minimum atomic E-state index is 0.393. The second-order valence-electron chi connectivity index (χ2n) is 2.87. The zero-order valence-electron chi connectivity index (χ0n) is 8.07. The van der Waals surface area contributed by atoms with Crippen molar-refractivity contribution in [3.8, 4) is 11.8 Å². The quantitative estimate of drug-likeness (QED) is 0.524. The molecule has 0 heterocycles. The molecule has 0 spiro atoms. The van der Waals surface area contributed by atoms with Gasteiger partial charge in [0.2, 0.25) is 0 Å². The van der Waals surface area contributed by atoms with Crippen molar-refractivity contribution in [1.82, 2.24) is 0 Å². The fourth-order valence-corrected chi connectivity index (χ4v) is 1.13. The number of benzene rings is 1. The summed E-state index contributed by atoms with van der Waals surface area (Å²) < 4.78 is 5.51. The van der Waals surface area contributed by atoms with E-state index in [0.717, 1.165) is 17.7 Å². The molecule has 1 rings (SSSR count). The first kappa shape index (κ1) is 10.3. The predicted molar refractivity (Wildman–Crippen MR) is 56.1 cm³/mol. The van der Waals surface area contributed by atoms with Gasteiger partial charge in [0.05, 0.1) is 19.1 Å². The van der Waals surface area contributed by atoms with Crippen molar-refractivity contribution in [3.63, 3.8) is 0 Å². The van der Waals surface area contributed by atoms with Gasteiger partial charge in [-0.2, -0.15) is 5.26 Å². The Kier molecular flexibility index (Phi) is 4.30. The lowest BCUT2D eigenvalue weighted by Crippen LogP contribution is -1.98. The molecule has 0 aliphatic carbocycles. The van der Waals surface area contributed by atoms with Gasteiger partial charge in [-0.25, -0.2) is 0 Å². The van der Waals surface area contributed by atoms with Crippen molar-refractivity contribution in [2.75, 3.05) is 6.61 Å². The third-order valence-electron chi connectivity index (χ3n) is 1.82. The highest BCUT2D eigenvalue weighted by molar-refractivity contribution is 5.35. The smallest absolute Gasteiger partial charge is 0.123 e. The minimum absolute atomic E-state index is 0.393. The Labute approximate surface area is 84.4 Å². The Morgan fingerprint density at radius 2 is 2.21 bits per heavy atom. The molecule has 0 atom stereocenters. The molecule has 0 aliphatic rings. The first-order valence-corrected chi connectivity index (χ1v) is 4.57. The third kappa shape index (κ3) is 2.95. The predicted octanol–water partition coefficient (Wildman–Crippen LogP) is 2.71. The number of ether oxygens (including phenoxy) is 1. The van der Waals surface area contributed by atoms with Gasteiger partial charge in [-0.1, -0.05) is 24.3 Å². The molecule has 72 valence electrons. The van der Waals surface area contributed by atoms with Gasteiger partial charge in [-0.3, -0.25) is 0 Å². The summed E-state index contributed by atoms with van der Waals surface area (Å²) in [4.78, 5) is 0. The summed E-state index contributed by atoms with van der Waals surface area (Å²) >= 11 is 0. The Morgan fingerprint density at radius 3 is 2.93 bits per heavy atom. The van der Waals surface area contributed by atoms with Crippen LogP contribution in [-0.4, -0.2) is 6.61 Å². The van der Waals surface area contributed by atoms with Crippen LogP contribution in [0, 0.1) is 11.3 Å². The SMILES string of the molecule is C=CCCOc1ccccc1CC#N. The van der Waals surface area contributed by atoms with Gasteiger partial charge in [0.1, 0.15) is 5.75 Å². The average molecular weight is 187 g/mol. The van der Waals surface area contributed by atoms with E-state index in [1.54, 1.807) is 0 Å². The van der Waals surface area contributed by atoms with Gasteiger partial charge in [-0.15, -0.1) is 6.58 Å². The maximum absolute atomic E-state index is 8.59. The summed E-state index contributed by atoms with van der Waals surface area (Å²) in [5.41, 5.74) is 0.944. The summed E-state index contributed by atoms with van der Waals surface area (Å²) in [5.74, 6) is 0.802. The van der Waals surface area contributed by atoms with Crippen LogP contribution in [-0.2, 0) is 6.42 Å². The fourth-order valence-electron chi connectivity index (χ4n) is 1.13. The number of nitriles is 1. The van der Waals surface area contributed by atoms with Crippen LogP contribution in [0.4, 0.5) is 0 Å². The maximum atomic E-state index is 8.59. The van der Waals surface area contributed by atoms with Crippen molar-refractivity contribution >= 4 is 0 Å². The molecular formula is C12H13NO. The lowest BCUT2D eigenvalue weighted by molar-refractivity contribution is 0.322. The monoisotopic (exact) mass is 187 g/mol. The summed E-state index contributed by atoms with van der Waals surface area (Å²) in [6.07, 6.45) is 3.03. The Balaban J connectivity index is 2.64. The molecule has 1 aromatic rings. The maximum Gasteiger partial charge on any atom is 0.123 e. The van der Waals surface area contributed by atoms with Crippen molar-refractivity contribution in [1.29, 1.82) is 5.26 Å². The van der Waals surface area contributed by atoms with E-state index in [2.05, 4.69) is 12.6 Å². The molecule has 0 amide bonds. The summed E-state index contributed by atoms with van der Waals surface area (Å²) in [6, 6.07) is 9.73. The molecule has 2 nitrogen and oxygen atoms in total. The molecule has 0 fully saturated rings. The topological polar surface area (TPSA) is 33.0 Å². The zero-order chi connectivity index (χ0) is 10.2. The highest BCUT2D eigenvalue weighted by Crippen LogP contribution is 2.18. The Bertz CT molecular complexity index is 338. The van der Waals surface area contributed by atoms with E-state index >= 15 is 0 Å². The van der Waals surface area contributed by atoms with Gasteiger partial charge in [-0.05, 0) is 12.5 Å². The molecule has 1 aromatic carbocycles. The van der Waals surface area contributed by atoms with E-state index in [0.29, 0.717) is 13.0 Å². The second-order valence-corrected chi connectivity index (χ2v) is 2.87. The van der Waals surface area contributed by atoms with Crippen LogP contribution >= 0.6 is 0 Å². The van der Waals surface area contributed by atoms with E-state index < -0.39 is 0 Å². The van der Waals surface area contributed by atoms with Crippen molar-refractivity contribution in [2.24, 2.45) is 0 Å². The summed E-state index contributed by atoms with van der Waals surface area (Å²) in [5, 5.41) is 8.59. The number of hydrogen-bond acceptors (Lipinski definition) is 2. The number of para-hydroxylation sites is 1. The largest absolute Gasteiger partial charge is 0.493 e. The van der Waals surface area contributed by atoms with Crippen molar-refractivity contribution < 1.29 is 4.74 Å². The Morgan fingerprint density at radius 1 is 1.43 bits per heavy atom. The second kappa shape index (κ2) is 5.82. The fraction of sp³-hybridized carbons (Fsp3) is 0.250. The van der Waals surface area contributed by atoms with Gasteiger partial charge < -0.3 is 4.74 Å². The first-order valence-electron chi connectivity index (χ1n) is 4.57. The van der Waals surface area contributed by atoms with E-state index in [-0.39, 0.29) is 0 Å². The highest BCUT2D eigenvalue weighted by Gasteiger charge is 2.00. The lowest BCUT2D eigenvalue weighted by Gasteiger charge is -2.07. The van der Waals surface area contributed by atoms with E-state index in [1.165, 1.54) is 0 Å². The molecule has 14 heavy (non-hydrogen) atoms. The van der Waals surface area contributed by atoms with E-state index in [4.69, 9.17) is 10.00 Å². The number of rotatable bonds is 5. The normalized spacial score (nSPS) is 9.07. The first-order chi connectivity index (χ1) is 6.88. The molecule has 0 aromatic heterocycles. The average Bonchev–Trinajstić information content (AvgIpc) is 2.21. The molecular weight excluding hydrogens is 174 g/mol. The molecule has 0 radical (unpaired) electrons. The molecule has 0 aliphatic heterocycles. The number of nitrogens with zero attached hydrogens (tertiary/aromatic N) is 1. The van der Waals surface area contributed by atoms with Crippen LogP contribution in [0.5, 0.6) is 5.75 Å². The minimum Gasteiger partial charge on any atom is -0.493 e. The van der Waals surface area contributed by atoms with Crippen LogP contribution in [0.1, 0.15) is 12.0 Å². The van der Waals surface area contributed by atoms with Crippen LogP contribution in [0.15, 0.2) is 36.9 Å². The van der Waals surface area contributed by atoms with Crippen LogP contribution in [0.25, 0.3) is 0 Å². The van der Waals surface area contributed by atoms with E-state index in [1.807, 2.05) is 30.3 Å². The number of hydrogen-bond donors (Lipinski definition) is 0. The third-order valence-corrected chi connectivity index (χ3v) is 1.82. The molecule has 0 saturated heterocycles. The highest BCUT2D eigenvalue weighted by atomic mass is 16.5. The molecule has 0 N–H and O–H groups in total. The Hall–Kier alpha value is -1.75. The summed E-state index contributed by atoms with van der Waals surface area (Å²) in [7, 11) is 0. The van der Waals surface area contributed by atoms with E-state index in [9.17, 15) is 0 Å². The van der Waals surface area contributed by atoms with Crippen LogP contribution in [0.3, 0.4) is 0 Å². The van der Waals surface area contributed by atoms with Crippen molar-refractivity contribution in [3.05, 3.63) is 42.5 Å². The lowest BCUT2D eigenvalue weighted by atomic mass is 10.1. The molecule has 0 unspecified atom stereocenters. The summed E-state index contributed by atoms with van der Waals surface area (Å²) in [6.45, 7) is 4.24.